The smallest absolute Gasteiger partial charge is 0.0331 e. The molecule has 0 aromatic carbocycles. The summed E-state index contributed by atoms with van der Waals surface area (Å²) in [6, 6.07) is 5.36. The first-order valence-corrected chi connectivity index (χ1v) is 7.80. The van der Waals surface area contributed by atoms with Gasteiger partial charge in [0.2, 0.25) is 0 Å². The topological polar surface area (TPSA) is 15.3 Å². The average molecular weight is 303 g/mol. The molecule has 1 aliphatic rings. The predicted octanol–water partition coefficient (Wildman–Crippen LogP) is 3.65. The van der Waals surface area contributed by atoms with E-state index in [-0.39, 0.29) is 17.8 Å². The van der Waals surface area contributed by atoms with Crippen LogP contribution >= 0.6 is 23.7 Å². The van der Waals surface area contributed by atoms with Crippen LogP contribution in [-0.4, -0.2) is 31.1 Å². The van der Waals surface area contributed by atoms with Gasteiger partial charge in [-0.25, -0.2) is 0 Å². The van der Waals surface area contributed by atoms with Crippen LogP contribution in [0, 0.1) is 0 Å². The van der Waals surface area contributed by atoms with Gasteiger partial charge in [0, 0.05) is 28.9 Å². The fourth-order valence-electron chi connectivity index (χ4n) is 2.64. The molecule has 1 unspecified atom stereocenters. The monoisotopic (exact) mass is 302 g/mol. The van der Waals surface area contributed by atoms with Crippen molar-refractivity contribution in [2.24, 2.45) is 0 Å². The third-order valence-electron chi connectivity index (χ3n) is 3.70. The summed E-state index contributed by atoms with van der Waals surface area (Å²) in [7, 11) is 2.05. The van der Waals surface area contributed by atoms with E-state index in [9.17, 15) is 0 Å². The van der Waals surface area contributed by atoms with Gasteiger partial charge in [-0.2, -0.15) is 0 Å². The highest BCUT2D eigenvalue weighted by Gasteiger charge is 2.24. The third-order valence-corrected chi connectivity index (χ3v) is 5.19. The largest absolute Gasteiger partial charge is 0.318 e. The molecule has 1 aromatic rings. The number of likely N-dealkylation sites (tertiary alicyclic amines) is 1. The van der Waals surface area contributed by atoms with Gasteiger partial charge < -0.3 is 5.32 Å². The van der Waals surface area contributed by atoms with Crippen molar-refractivity contribution in [3.63, 3.8) is 0 Å². The molecular weight excluding hydrogens is 276 g/mol. The zero-order valence-corrected chi connectivity index (χ0v) is 14.2. The number of nitrogens with zero attached hydrogens (tertiary/aromatic N) is 1. The van der Waals surface area contributed by atoms with Crippen molar-refractivity contribution in [1.29, 1.82) is 0 Å². The summed E-state index contributed by atoms with van der Waals surface area (Å²) in [5, 5.41) is 3.32. The Bertz CT molecular complexity index is 384. The minimum atomic E-state index is 0. The van der Waals surface area contributed by atoms with Crippen LogP contribution in [0.4, 0.5) is 0 Å². The molecule has 1 saturated heterocycles. The van der Waals surface area contributed by atoms with Gasteiger partial charge in [-0.05, 0) is 44.0 Å². The number of rotatable bonds is 4. The lowest BCUT2D eigenvalue weighted by Gasteiger charge is -2.23. The third kappa shape index (κ3) is 4.45. The first-order valence-electron chi connectivity index (χ1n) is 6.98. The van der Waals surface area contributed by atoms with E-state index in [1.807, 2.05) is 11.3 Å². The molecule has 1 N–H and O–H groups in total. The molecule has 2 heterocycles. The van der Waals surface area contributed by atoms with Gasteiger partial charge in [0.1, 0.15) is 0 Å². The van der Waals surface area contributed by atoms with Crippen molar-refractivity contribution in [1.82, 2.24) is 10.2 Å². The van der Waals surface area contributed by atoms with E-state index in [4.69, 9.17) is 0 Å². The van der Waals surface area contributed by atoms with Crippen molar-refractivity contribution >= 4 is 23.7 Å². The minimum Gasteiger partial charge on any atom is -0.318 e. The van der Waals surface area contributed by atoms with Gasteiger partial charge in [0.25, 0.3) is 0 Å². The molecule has 1 fully saturated rings. The first-order chi connectivity index (χ1) is 8.50. The fourth-order valence-corrected chi connectivity index (χ4v) is 3.73. The average Bonchev–Trinajstić information content (AvgIpc) is 2.89. The summed E-state index contributed by atoms with van der Waals surface area (Å²) in [6.07, 6.45) is 2.70. The van der Waals surface area contributed by atoms with Gasteiger partial charge in [-0.1, -0.05) is 20.8 Å². The number of halogens is 1. The highest BCUT2D eigenvalue weighted by Crippen LogP contribution is 2.31. The Kier molecular flexibility index (Phi) is 6.31. The van der Waals surface area contributed by atoms with E-state index in [2.05, 4.69) is 50.2 Å². The van der Waals surface area contributed by atoms with Gasteiger partial charge in [0.15, 0.2) is 0 Å². The van der Waals surface area contributed by atoms with Crippen LogP contribution in [0.2, 0.25) is 0 Å². The molecule has 2 rings (SSSR count). The lowest BCUT2D eigenvalue weighted by molar-refractivity contribution is 0.244. The van der Waals surface area contributed by atoms with Crippen LogP contribution < -0.4 is 5.32 Å². The summed E-state index contributed by atoms with van der Waals surface area (Å²) in [5.41, 5.74) is 0.290. The number of likely N-dealkylation sites (N-methyl/N-ethyl adjacent to an activating group) is 1. The molecule has 0 amide bonds. The van der Waals surface area contributed by atoms with Crippen LogP contribution in [0.1, 0.15) is 43.4 Å². The van der Waals surface area contributed by atoms with E-state index in [1.54, 1.807) is 0 Å². The maximum atomic E-state index is 3.32. The Morgan fingerprint density at radius 3 is 2.68 bits per heavy atom. The molecule has 0 bridgehead atoms. The van der Waals surface area contributed by atoms with Crippen molar-refractivity contribution in [2.45, 2.75) is 51.6 Å². The molecule has 4 heteroatoms. The summed E-state index contributed by atoms with van der Waals surface area (Å²) in [5.74, 6) is 0. The first kappa shape index (κ1) is 17.0. The molecule has 0 spiro atoms. The van der Waals surface area contributed by atoms with Crippen molar-refractivity contribution < 1.29 is 0 Å². The summed E-state index contributed by atoms with van der Waals surface area (Å²) < 4.78 is 0. The summed E-state index contributed by atoms with van der Waals surface area (Å²) in [6.45, 7) is 10.4. The molecule has 1 atom stereocenters. The standard InChI is InChI=1S/C15H26N2S.ClH/c1-15(2,3)14-8-7-13(18-14)11-17-9-5-6-12(17)10-16-4;/h7-8,12,16H,5-6,9-11H2,1-4H3;1H. The van der Waals surface area contributed by atoms with E-state index >= 15 is 0 Å². The zero-order valence-electron chi connectivity index (χ0n) is 12.5. The predicted molar refractivity (Wildman–Crippen MR) is 87.6 cm³/mol. The van der Waals surface area contributed by atoms with Crippen LogP contribution in [0.25, 0.3) is 0 Å². The van der Waals surface area contributed by atoms with Gasteiger partial charge in [0.05, 0.1) is 0 Å². The van der Waals surface area contributed by atoms with Crippen molar-refractivity contribution in [3.05, 3.63) is 21.9 Å². The van der Waals surface area contributed by atoms with Crippen molar-refractivity contribution in [3.8, 4) is 0 Å². The van der Waals surface area contributed by atoms with E-state index in [1.165, 1.54) is 29.1 Å². The quantitative estimate of drug-likeness (QED) is 0.913. The second kappa shape index (κ2) is 7.07. The molecule has 2 nitrogen and oxygen atoms in total. The highest BCUT2D eigenvalue weighted by atomic mass is 35.5. The molecule has 19 heavy (non-hydrogen) atoms. The molecule has 1 aromatic heterocycles. The van der Waals surface area contributed by atoms with Crippen molar-refractivity contribution in [2.75, 3.05) is 20.1 Å². The summed E-state index contributed by atoms with van der Waals surface area (Å²) in [4.78, 5) is 5.65. The second-order valence-electron chi connectivity index (χ2n) is 6.34. The molecular formula is C15H27ClN2S. The van der Waals surface area contributed by atoms with Gasteiger partial charge in [-0.15, -0.1) is 23.7 Å². The fraction of sp³-hybridized carbons (Fsp3) is 0.733. The second-order valence-corrected chi connectivity index (χ2v) is 7.51. The van der Waals surface area contributed by atoms with Crippen LogP contribution in [0.5, 0.6) is 0 Å². The molecule has 0 radical (unpaired) electrons. The lowest BCUT2D eigenvalue weighted by Crippen LogP contribution is -2.36. The summed E-state index contributed by atoms with van der Waals surface area (Å²) >= 11 is 1.98. The van der Waals surface area contributed by atoms with E-state index < -0.39 is 0 Å². The Labute approximate surface area is 128 Å². The highest BCUT2D eigenvalue weighted by molar-refractivity contribution is 7.12. The maximum absolute atomic E-state index is 3.32. The normalized spacial score (nSPS) is 20.5. The number of hydrogen-bond acceptors (Lipinski definition) is 3. The molecule has 0 saturated carbocycles. The van der Waals surface area contributed by atoms with Gasteiger partial charge in [-0.3, -0.25) is 4.90 Å². The minimum absolute atomic E-state index is 0. The SMILES string of the molecule is CNCC1CCCN1Cc1ccc(C(C)(C)C)s1.Cl. The zero-order chi connectivity index (χ0) is 13.2. The van der Waals surface area contributed by atoms with Crippen LogP contribution in [0.15, 0.2) is 12.1 Å². The Morgan fingerprint density at radius 1 is 1.37 bits per heavy atom. The van der Waals surface area contributed by atoms with Gasteiger partial charge >= 0.3 is 0 Å². The molecule has 1 aliphatic heterocycles. The number of hydrogen-bond donors (Lipinski definition) is 1. The van der Waals surface area contributed by atoms with Crippen LogP contribution in [0.3, 0.4) is 0 Å². The Balaban J connectivity index is 0.00000180. The lowest BCUT2D eigenvalue weighted by atomic mass is 9.95. The number of thiophene rings is 1. The Morgan fingerprint density at radius 2 is 2.11 bits per heavy atom. The maximum Gasteiger partial charge on any atom is 0.0331 e. The van der Waals surface area contributed by atoms with E-state index in [0.717, 1.165) is 19.1 Å². The Hall–Kier alpha value is -0.0900. The molecule has 0 aliphatic carbocycles. The number of nitrogens with one attached hydrogen (secondary N) is 1. The van der Waals surface area contributed by atoms with E-state index in [0.29, 0.717) is 0 Å². The van der Waals surface area contributed by atoms with Crippen LogP contribution in [-0.2, 0) is 12.0 Å². The molecule has 110 valence electrons.